The van der Waals surface area contributed by atoms with Crippen LogP contribution in [0.3, 0.4) is 0 Å². The first kappa shape index (κ1) is 10.3. The van der Waals surface area contributed by atoms with Crippen LogP contribution in [0.15, 0.2) is 11.8 Å². The first-order valence-corrected chi connectivity index (χ1v) is 2.97. The van der Waals surface area contributed by atoms with Crippen LogP contribution in [0.4, 0.5) is 0 Å². The molecule has 1 radical (unpaired) electrons. The predicted octanol–water partition coefficient (Wildman–Crippen LogP) is 0.500. The number of hydrogen-bond donors (Lipinski definition) is 1. The van der Waals surface area contributed by atoms with E-state index in [0.29, 0.717) is 0 Å². The standard InChI is InChI=1S/C7H10N2.Y/c1-3-7-5-4-6-8-9(7)2;/h1,3,8H,4,6H2,2H3;/q-2;. The van der Waals surface area contributed by atoms with E-state index in [4.69, 9.17) is 6.58 Å². The first-order valence-electron chi connectivity index (χ1n) is 2.97. The third-order valence-electron chi connectivity index (χ3n) is 1.30. The Bertz CT molecular complexity index is 143. The zero-order valence-electron chi connectivity index (χ0n) is 6.09. The van der Waals surface area contributed by atoms with Crippen LogP contribution in [0, 0.1) is 12.7 Å². The van der Waals surface area contributed by atoms with Crippen LogP contribution in [0.5, 0.6) is 0 Å². The Morgan fingerprint density at radius 2 is 2.50 bits per heavy atom. The first-order chi connectivity index (χ1) is 4.34. The van der Waals surface area contributed by atoms with Crippen LogP contribution in [0.1, 0.15) is 6.42 Å². The maximum absolute atomic E-state index is 5.29. The van der Waals surface area contributed by atoms with E-state index in [-0.39, 0.29) is 32.7 Å². The van der Waals surface area contributed by atoms with Crippen LogP contribution in [-0.2, 0) is 32.7 Å². The Labute approximate surface area is 87.2 Å². The third-order valence-corrected chi connectivity index (χ3v) is 1.30. The van der Waals surface area contributed by atoms with Gasteiger partial charge in [-0.2, -0.15) is 0 Å². The third kappa shape index (κ3) is 2.53. The molecule has 1 heterocycles. The van der Waals surface area contributed by atoms with E-state index in [1.165, 1.54) is 0 Å². The quantitative estimate of drug-likeness (QED) is 0.635. The van der Waals surface area contributed by atoms with Gasteiger partial charge in [-0.05, 0) is 6.54 Å². The van der Waals surface area contributed by atoms with Crippen LogP contribution < -0.4 is 5.43 Å². The number of rotatable bonds is 1. The van der Waals surface area contributed by atoms with Crippen LogP contribution >= 0.6 is 0 Å². The minimum Gasteiger partial charge on any atom is -0.424 e. The molecule has 53 valence electrons. The van der Waals surface area contributed by atoms with E-state index in [0.717, 1.165) is 18.7 Å². The molecule has 0 unspecified atom stereocenters. The summed E-state index contributed by atoms with van der Waals surface area (Å²) < 4.78 is 0. The zero-order valence-corrected chi connectivity index (χ0v) is 8.93. The molecule has 1 aliphatic heterocycles. The SMILES string of the molecule is [CH-]=CC1=[C-]CCNN1C.[Y]. The van der Waals surface area contributed by atoms with Gasteiger partial charge in [0.2, 0.25) is 0 Å². The summed E-state index contributed by atoms with van der Waals surface area (Å²) in [5, 5.41) is 1.86. The summed E-state index contributed by atoms with van der Waals surface area (Å²) in [6.07, 6.45) is 5.60. The Hall–Kier alpha value is 0.344. The number of hydrogen-bond acceptors (Lipinski definition) is 2. The molecule has 1 rings (SSSR count). The summed E-state index contributed by atoms with van der Waals surface area (Å²) in [5.74, 6) is 0. The molecule has 0 bridgehead atoms. The average molecular weight is 211 g/mol. The van der Waals surface area contributed by atoms with Gasteiger partial charge < -0.3 is 23.7 Å². The number of nitrogens with zero attached hydrogens (tertiary/aromatic N) is 1. The molecule has 1 aliphatic rings. The molecular weight excluding hydrogens is 201 g/mol. The van der Waals surface area contributed by atoms with E-state index < -0.39 is 0 Å². The van der Waals surface area contributed by atoms with Crippen molar-refractivity contribution in [3.05, 3.63) is 24.4 Å². The maximum atomic E-state index is 5.29. The van der Waals surface area contributed by atoms with Gasteiger partial charge in [0, 0.05) is 39.8 Å². The van der Waals surface area contributed by atoms with Gasteiger partial charge in [-0.1, -0.05) is 0 Å². The summed E-state index contributed by atoms with van der Waals surface area (Å²) in [5.41, 5.74) is 4.04. The molecule has 0 fully saturated rings. The van der Waals surface area contributed by atoms with Crippen molar-refractivity contribution in [2.75, 3.05) is 13.6 Å². The Kier molecular flexibility index (Phi) is 5.23. The molecule has 0 aliphatic carbocycles. The fraction of sp³-hybridized carbons (Fsp3) is 0.429. The molecule has 0 atom stereocenters. The monoisotopic (exact) mass is 211 g/mol. The number of allylic oxidation sites excluding steroid dienone is 1. The van der Waals surface area contributed by atoms with Crippen LogP contribution in [-0.4, -0.2) is 18.6 Å². The van der Waals surface area contributed by atoms with Gasteiger partial charge in [0.25, 0.3) is 0 Å². The Morgan fingerprint density at radius 3 is 2.90 bits per heavy atom. The van der Waals surface area contributed by atoms with Crippen molar-refractivity contribution in [2.45, 2.75) is 6.42 Å². The Balaban J connectivity index is 0.000000810. The van der Waals surface area contributed by atoms with Crippen molar-refractivity contribution in [3.8, 4) is 0 Å². The minimum atomic E-state index is 0. The number of nitrogens with one attached hydrogen (secondary N) is 1. The maximum Gasteiger partial charge on any atom is 0.000609 e. The second-order valence-corrected chi connectivity index (χ2v) is 1.95. The van der Waals surface area contributed by atoms with Gasteiger partial charge in [0.1, 0.15) is 0 Å². The second-order valence-electron chi connectivity index (χ2n) is 1.95. The van der Waals surface area contributed by atoms with Crippen molar-refractivity contribution in [2.24, 2.45) is 0 Å². The van der Waals surface area contributed by atoms with Gasteiger partial charge in [-0.3, -0.25) is 11.1 Å². The molecule has 0 spiro atoms. The summed E-state index contributed by atoms with van der Waals surface area (Å²) in [6.45, 7) is 6.24. The van der Waals surface area contributed by atoms with E-state index in [2.05, 4.69) is 11.5 Å². The molecule has 0 saturated heterocycles. The summed E-state index contributed by atoms with van der Waals surface area (Å²) in [7, 11) is 1.92. The van der Waals surface area contributed by atoms with Crippen LogP contribution in [0.2, 0.25) is 0 Å². The topological polar surface area (TPSA) is 15.3 Å². The number of likely N-dealkylation sites (N-methyl/N-ethyl adjacent to an activating group) is 1. The molecule has 0 amide bonds. The van der Waals surface area contributed by atoms with Crippen molar-refractivity contribution in [1.82, 2.24) is 10.4 Å². The molecule has 0 saturated carbocycles. The van der Waals surface area contributed by atoms with Gasteiger partial charge in [-0.15, -0.1) is 6.42 Å². The molecule has 0 aromatic heterocycles. The fourth-order valence-corrected chi connectivity index (χ4v) is 0.789. The van der Waals surface area contributed by atoms with E-state index in [9.17, 15) is 0 Å². The van der Waals surface area contributed by atoms with Gasteiger partial charge in [-0.25, -0.2) is 0 Å². The summed E-state index contributed by atoms with van der Waals surface area (Å²) >= 11 is 0. The van der Waals surface area contributed by atoms with Crippen molar-refractivity contribution < 1.29 is 32.7 Å². The van der Waals surface area contributed by atoms with Crippen LogP contribution in [0.25, 0.3) is 0 Å². The predicted molar refractivity (Wildman–Crippen MR) is 36.0 cm³/mol. The molecule has 10 heavy (non-hydrogen) atoms. The molecule has 3 heteroatoms. The minimum absolute atomic E-state index is 0. The van der Waals surface area contributed by atoms with Crippen molar-refractivity contribution in [1.29, 1.82) is 0 Å². The van der Waals surface area contributed by atoms with Gasteiger partial charge in [0.05, 0.1) is 0 Å². The normalized spacial score (nSPS) is 17.3. The van der Waals surface area contributed by atoms with E-state index in [1.807, 2.05) is 12.1 Å². The fourth-order valence-electron chi connectivity index (χ4n) is 0.789. The summed E-state index contributed by atoms with van der Waals surface area (Å²) in [6, 6.07) is 0. The molecule has 1 N–H and O–H groups in total. The van der Waals surface area contributed by atoms with Crippen molar-refractivity contribution in [3.63, 3.8) is 0 Å². The van der Waals surface area contributed by atoms with Gasteiger partial charge in [0.15, 0.2) is 0 Å². The van der Waals surface area contributed by atoms with Crippen molar-refractivity contribution >= 4 is 0 Å². The Morgan fingerprint density at radius 1 is 1.80 bits per heavy atom. The average Bonchev–Trinajstić information content (AvgIpc) is 1.89. The summed E-state index contributed by atoms with van der Waals surface area (Å²) in [4.78, 5) is 0. The second kappa shape index (κ2) is 5.06. The smallest absolute Gasteiger partial charge is 0.000609 e. The van der Waals surface area contributed by atoms with Gasteiger partial charge >= 0.3 is 0 Å². The van der Waals surface area contributed by atoms with E-state index in [1.54, 1.807) is 6.08 Å². The molecule has 0 aromatic rings. The largest absolute Gasteiger partial charge is 0.424 e. The molecule has 0 aromatic carbocycles. The molecule has 2 nitrogen and oxygen atoms in total. The number of hydrazine groups is 1. The van der Waals surface area contributed by atoms with E-state index >= 15 is 0 Å². The zero-order chi connectivity index (χ0) is 6.69. The molecular formula is C7H10N2Y-2.